The number of carbonyl (C=O) groups is 2. The summed E-state index contributed by atoms with van der Waals surface area (Å²) < 4.78 is 5.15. The standard InChI is InChI=1S/C18H25N3O3S.ClH/c1-24-15-4-2-13(3-5-15)11-21-8-6-16(18(21)23)20-17(22)10-14-12-25-9-7-19-14;/h2-5,14,16,19H,6-12H2,1H3,(H,20,22);1H. The van der Waals surface area contributed by atoms with Crippen LogP contribution in [0.2, 0.25) is 0 Å². The number of benzene rings is 1. The summed E-state index contributed by atoms with van der Waals surface area (Å²) in [4.78, 5) is 26.5. The Morgan fingerprint density at radius 3 is 2.81 bits per heavy atom. The molecule has 0 saturated carbocycles. The van der Waals surface area contributed by atoms with E-state index < -0.39 is 0 Å². The molecule has 2 fully saturated rings. The van der Waals surface area contributed by atoms with E-state index in [1.807, 2.05) is 40.9 Å². The van der Waals surface area contributed by atoms with Crippen molar-refractivity contribution in [3.63, 3.8) is 0 Å². The molecule has 2 aliphatic heterocycles. The van der Waals surface area contributed by atoms with Crippen LogP contribution in [-0.4, -0.2) is 60.5 Å². The molecule has 1 aromatic carbocycles. The lowest BCUT2D eigenvalue weighted by molar-refractivity contribution is -0.133. The van der Waals surface area contributed by atoms with Crippen LogP contribution in [0.3, 0.4) is 0 Å². The molecule has 2 amide bonds. The van der Waals surface area contributed by atoms with Crippen molar-refractivity contribution < 1.29 is 14.3 Å². The zero-order valence-electron chi connectivity index (χ0n) is 14.9. The Hall–Kier alpha value is -1.44. The maximum absolute atomic E-state index is 12.5. The van der Waals surface area contributed by atoms with Gasteiger partial charge in [-0.25, -0.2) is 0 Å². The molecule has 144 valence electrons. The number of thioether (sulfide) groups is 1. The van der Waals surface area contributed by atoms with Crippen LogP contribution in [0.15, 0.2) is 24.3 Å². The van der Waals surface area contributed by atoms with Gasteiger partial charge in [0.05, 0.1) is 7.11 Å². The van der Waals surface area contributed by atoms with Crippen molar-refractivity contribution in [1.29, 1.82) is 0 Å². The lowest BCUT2D eigenvalue weighted by atomic mass is 10.2. The van der Waals surface area contributed by atoms with Crippen molar-refractivity contribution in [3.05, 3.63) is 29.8 Å². The third-order valence-electron chi connectivity index (χ3n) is 4.60. The molecular weight excluding hydrogens is 374 g/mol. The zero-order chi connectivity index (χ0) is 17.6. The van der Waals surface area contributed by atoms with Crippen LogP contribution < -0.4 is 15.4 Å². The molecule has 2 N–H and O–H groups in total. The first-order chi connectivity index (χ1) is 12.2. The summed E-state index contributed by atoms with van der Waals surface area (Å²) in [5.74, 6) is 2.82. The Morgan fingerprint density at radius 2 is 2.15 bits per heavy atom. The smallest absolute Gasteiger partial charge is 0.245 e. The Labute approximate surface area is 164 Å². The number of rotatable bonds is 6. The molecule has 0 aliphatic carbocycles. The highest BCUT2D eigenvalue weighted by molar-refractivity contribution is 7.99. The lowest BCUT2D eigenvalue weighted by Gasteiger charge is -2.23. The topological polar surface area (TPSA) is 70.7 Å². The van der Waals surface area contributed by atoms with E-state index in [2.05, 4.69) is 10.6 Å². The fraction of sp³-hybridized carbons (Fsp3) is 0.556. The highest BCUT2D eigenvalue weighted by atomic mass is 35.5. The van der Waals surface area contributed by atoms with Crippen LogP contribution in [0, 0.1) is 0 Å². The third-order valence-corrected chi connectivity index (χ3v) is 5.73. The van der Waals surface area contributed by atoms with Gasteiger partial charge in [0.15, 0.2) is 0 Å². The maximum Gasteiger partial charge on any atom is 0.245 e. The molecule has 6 nitrogen and oxygen atoms in total. The lowest BCUT2D eigenvalue weighted by Crippen LogP contribution is -2.45. The van der Waals surface area contributed by atoms with Crippen LogP contribution in [0.25, 0.3) is 0 Å². The molecule has 26 heavy (non-hydrogen) atoms. The van der Waals surface area contributed by atoms with Crippen LogP contribution in [0.4, 0.5) is 0 Å². The number of methoxy groups -OCH3 is 1. The normalized spacial score (nSPS) is 22.7. The summed E-state index contributed by atoms with van der Waals surface area (Å²) in [6.07, 6.45) is 1.11. The molecule has 0 bridgehead atoms. The van der Waals surface area contributed by atoms with E-state index in [0.29, 0.717) is 25.9 Å². The molecule has 2 heterocycles. The molecule has 0 spiro atoms. The monoisotopic (exact) mass is 399 g/mol. The van der Waals surface area contributed by atoms with Crippen molar-refractivity contribution in [2.45, 2.75) is 31.5 Å². The fourth-order valence-electron chi connectivity index (χ4n) is 3.21. The summed E-state index contributed by atoms with van der Waals surface area (Å²) in [6.45, 7) is 2.18. The largest absolute Gasteiger partial charge is 0.497 e. The molecule has 2 saturated heterocycles. The second kappa shape index (κ2) is 10.0. The minimum Gasteiger partial charge on any atom is -0.497 e. The first kappa shape index (κ1) is 20.9. The van der Waals surface area contributed by atoms with Crippen LogP contribution >= 0.6 is 24.2 Å². The van der Waals surface area contributed by atoms with Crippen molar-refractivity contribution in [2.24, 2.45) is 0 Å². The predicted molar refractivity (Wildman–Crippen MR) is 106 cm³/mol. The highest BCUT2D eigenvalue weighted by Crippen LogP contribution is 2.18. The van der Waals surface area contributed by atoms with E-state index in [-0.39, 0.29) is 36.3 Å². The van der Waals surface area contributed by atoms with Crippen LogP contribution in [-0.2, 0) is 16.1 Å². The van der Waals surface area contributed by atoms with Gasteiger partial charge in [-0.1, -0.05) is 12.1 Å². The van der Waals surface area contributed by atoms with Crippen molar-refractivity contribution in [2.75, 3.05) is 31.7 Å². The molecule has 0 radical (unpaired) electrons. The SMILES string of the molecule is COc1ccc(CN2CCC(NC(=O)CC3CSCCN3)C2=O)cc1.Cl. The predicted octanol–water partition coefficient (Wildman–Crippen LogP) is 1.43. The van der Waals surface area contributed by atoms with Gasteiger partial charge in [0.25, 0.3) is 0 Å². The van der Waals surface area contributed by atoms with Gasteiger partial charge in [-0.2, -0.15) is 11.8 Å². The number of carbonyl (C=O) groups excluding carboxylic acids is 2. The molecule has 8 heteroatoms. The first-order valence-electron chi connectivity index (χ1n) is 8.68. The number of hydrogen-bond acceptors (Lipinski definition) is 5. The second-order valence-corrected chi connectivity index (χ2v) is 7.60. The van der Waals surface area contributed by atoms with Crippen molar-refractivity contribution in [3.8, 4) is 5.75 Å². The summed E-state index contributed by atoms with van der Waals surface area (Å²) in [5.41, 5.74) is 1.06. The van der Waals surface area contributed by atoms with E-state index in [1.165, 1.54) is 0 Å². The fourth-order valence-corrected chi connectivity index (χ4v) is 4.16. The molecule has 2 unspecified atom stereocenters. The van der Waals surface area contributed by atoms with Gasteiger partial charge in [0.2, 0.25) is 11.8 Å². The number of nitrogens with zero attached hydrogens (tertiary/aromatic N) is 1. The van der Waals surface area contributed by atoms with Gasteiger partial charge in [0, 0.05) is 43.6 Å². The van der Waals surface area contributed by atoms with E-state index >= 15 is 0 Å². The van der Waals surface area contributed by atoms with E-state index in [0.717, 1.165) is 29.4 Å². The highest BCUT2D eigenvalue weighted by Gasteiger charge is 2.33. The second-order valence-electron chi connectivity index (χ2n) is 6.45. The van der Waals surface area contributed by atoms with Gasteiger partial charge in [-0.3, -0.25) is 9.59 Å². The Morgan fingerprint density at radius 1 is 1.38 bits per heavy atom. The third kappa shape index (κ3) is 5.53. The Balaban J connectivity index is 0.00000243. The molecule has 2 atom stereocenters. The van der Waals surface area contributed by atoms with Gasteiger partial charge >= 0.3 is 0 Å². The number of hydrogen-bond donors (Lipinski definition) is 2. The van der Waals surface area contributed by atoms with Gasteiger partial charge in [-0.05, 0) is 24.1 Å². The summed E-state index contributed by atoms with van der Waals surface area (Å²) in [7, 11) is 1.63. The minimum absolute atomic E-state index is 0. The summed E-state index contributed by atoms with van der Waals surface area (Å²) >= 11 is 1.87. The van der Waals surface area contributed by atoms with Crippen molar-refractivity contribution in [1.82, 2.24) is 15.5 Å². The Kier molecular flexibility index (Phi) is 8.06. The van der Waals surface area contributed by atoms with Gasteiger partial charge in [0.1, 0.15) is 11.8 Å². The Bertz CT molecular complexity index is 608. The molecule has 2 aliphatic rings. The molecule has 3 rings (SSSR count). The minimum atomic E-state index is -0.387. The average Bonchev–Trinajstić information content (AvgIpc) is 2.96. The van der Waals surface area contributed by atoms with E-state index in [1.54, 1.807) is 7.11 Å². The van der Waals surface area contributed by atoms with Crippen molar-refractivity contribution >= 4 is 36.0 Å². The average molecular weight is 400 g/mol. The van der Waals surface area contributed by atoms with E-state index in [4.69, 9.17) is 4.74 Å². The first-order valence-corrected chi connectivity index (χ1v) is 9.83. The maximum atomic E-state index is 12.5. The molecule has 0 aromatic heterocycles. The van der Waals surface area contributed by atoms with Crippen LogP contribution in [0.5, 0.6) is 5.75 Å². The number of likely N-dealkylation sites (tertiary alicyclic amines) is 1. The molecule has 1 aromatic rings. The number of nitrogens with one attached hydrogen (secondary N) is 2. The zero-order valence-corrected chi connectivity index (χ0v) is 16.5. The quantitative estimate of drug-likeness (QED) is 0.757. The van der Waals surface area contributed by atoms with E-state index in [9.17, 15) is 9.59 Å². The number of halogens is 1. The van der Waals surface area contributed by atoms with Crippen LogP contribution in [0.1, 0.15) is 18.4 Å². The number of amides is 2. The number of ether oxygens (including phenoxy) is 1. The van der Waals surface area contributed by atoms with Gasteiger partial charge in [-0.15, -0.1) is 12.4 Å². The summed E-state index contributed by atoms with van der Waals surface area (Å²) in [5, 5.41) is 6.26. The summed E-state index contributed by atoms with van der Waals surface area (Å²) in [6, 6.07) is 7.54. The van der Waals surface area contributed by atoms with Gasteiger partial charge < -0.3 is 20.3 Å². The molecular formula is C18H26ClN3O3S.